The fourth-order valence-corrected chi connectivity index (χ4v) is 1.92. The molecule has 0 aliphatic heterocycles. The van der Waals surface area contributed by atoms with Gasteiger partial charge in [0.1, 0.15) is 0 Å². The summed E-state index contributed by atoms with van der Waals surface area (Å²) in [4.78, 5) is 11.0. The van der Waals surface area contributed by atoms with E-state index in [0.717, 1.165) is 23.4 Å². The van der Waals surface area contributed by atoms with Crippen molar-refractivity contribution in [3.05, 3.63) is 53.1 Å². The number of hydrogen-bond acceptors (Lipinski definition) is 2. The molecule has 21 heavy (non-hydrogen) atoms. The summed E-state index contributed by atoms with van der Waals surface area (Å²) in [5, 5.41) is 0.747. The van der Waals surface area contributed by atoms with Crippen molar-refractivity contribution in [2.45, 2.75) is 33.1 Å². The van der Waals surface area contributed by atoms with Gasteiger partial charge in [0.15, 0.2) is 0 Å². The van der Waals surface area contributed by atoms with Gasteiger partial charge in [-0.1, -0.05) is 61.9 Å². The summed E-state index contributed by atoms with van der Waals surface area (Å²) < 4.78 is 4.61. The first kappa shape index (κ1) is 17.5. The first-order chi connectivity index (χ1) is 9.93. The molecule has 0 heterocycles. The van der Waals surface area contributed by atoms with Crippen molar-refractivity contribution in [1.29, 1.82) is 0 Å². The van der Waals surface area contributed by atoms with Crippen LogP contribution in [0, 0.1) is 5.41 Å². The number of carbonyl (C=O) groups excluding carboxylic acids is 1. The number of ether oxygens (including phenoxy) is 1. The number of methoxy groups -OCH3 is 1. The molecule has 0 atom stereocenters. The topological polar surface area (TPSA) is 26.3 Å². The van der Waals surface area contributed by atoms with Crippen molar-refractivity contribution in [3.63, 3.8) is 0 Å². The predicted molar refractivity (Wildman–Crippen MR) is 89.3 cm³/mol. The monoisotopic (exact) mass is 306 g/mol. The van der Waals surface area contributed by atoms with Crippen LogP contribution in [0.2, 0.25) is 5.02 Å². The number of rotatable bonds is 7. The zero-order chi connectivity index (χ0) is 15.7. The minimum absolute atomic E-state index is 0.0229. The maximum absolute atomic E-state index is 11.0. The standard InChI is InChI=1S/C18H23ClO2/c1-18(2,13-6-4-5-7-17(20)21-3)14-12-15-8-10-16(19)11-9-15/h6,8-14H,4-5,7H2,1-3H3. The molecule has 0 bridgehead atoms. The molecule has 1 rings (SSSR count). The Balaban J connectivity index is 2.45. The third-order valence-electron chi connectivity index (χ3n) is 3.10. The van der Waals surface area contributed by atoms with E-state index in [-0.39, 0.29) is 11.4 Å². The van der Waals surface area contributed by atoms with Crippen LogP contribution in [0.1, 0.15) is 38.7 Å². The smallest absolute Gasteiger partial charge is 0.305 e. The van der Waals surface area contributed by atoms with E-state index in [4.69, 9.17) is 11.6 Å². The Kier molecular flexibility index (Phi) is 7.24. The molecule has 114 valence electrons. The summed E-state index contributed by atoms with van der Waals surface area (Å²) in [6, 6.07) is 7.76. The fourth-order valence-electron chi connectivity index (χ4n) is 1.79. The minimum atomic E-state index is -0.148. The van der Waals surface area contributed by atoms with E-state index in [9.17, 15) is 4.79 Å². The second kappa shape index (κ2) is 8.68. The molecule has 0 fully saturated rings. The summed E-state index contributed by atoms with van der Waals surface area (Å²) in [6.45, 7) is 4.30. The summed E-state index contributed by atoms with van der Waals surface area (Å²) in [5.74, 6) is -0.148. The zero-order valence-electron chi connectivity index (χ0n) is 12.9. The van der Waals surface area contributed by atoms with Crippen LogP contribution in [-0.4, -0.2) is 13.1 Å². The highest BCUT2D eigenvalue weighted by atomic mass is 35.5. The third-order valence-corrected chi connectivity index (χ3v) is 3.35. The molecular weight excluding hydrogens is 284 g/mol. The number of hydrogen-bond donors (Lipinski definition) is 0. The molecule has 0 radical (unpaired) electrons. The van der Waals surface area contributed by atoms with Crippen LogP contribution in [0.25, 0.3) is 6.08 Å². The molecular formula is C18H23ClO2. The van der Waals surface area contributed by atoms with Gasteiger partial charge in [0.25, 0.3) is 0 Å². The Bertz CT molecular complexity index is 498. The van der Waals surface area contributed by atoms with E-state index >= 15 is 0 Å². The Morgan fingerprint density at radius 3 is 2.52 bits per heavy atom. The van der Waals surface area contributed by atoms with Gasteiger partial charge in [0.2, 0.25) is 0 Å². The first-order valence-corrected chi connectivity index (χ1v) is 7.50. The van der Waals surface area contributed by atoms with Gasteiger partial charge >= 0.3 is 5.97 Å². The van der Waals surface area contributed by atoms with Gasteiger partial charge in [-0.2, -0.15) is 0 Å². The van der Waals surface area contributed by atoms with Gasteiger partial charge in [-0.25, -0.2) is 0 Å². The van der Waals surface area contributed by atoms with E-state index in [1.807, 2.05) is 24.3 Å². The van der Waals surface area contributed by atoms with E-state index in [1.165, 1.54) is 7.11 Å². The molecule has 0 aromatic heterocycles. The molecule has 0 spiro atoms. The Morgan fingerprint density at radius 2 is 1.90 bits per heavy atom. The largest absolute Gasteiger partial charge is 0.469 e. The van der Waals surface area contributed by atoms with E-state index in [0.29, 0.717) is 6.42 Å². The lowest BCUT2D eigenvalue weighted by atomic mass is 9.91. The highest BCUT2D eigenvalue weighted by Crippen LogP contribution is 2.22. The highest BCUT2D eigenvalue weighted by Gasteiger charge is 2.08. The van der Waals surface area contributed by atoms with Crippen molar-refractivity contribution in [1.82, 2.24) is 0 Å². The molecule has 0 saturated heterocycles. The third kappa shape index (κ3) is 7.72. The number of carbonyl (C=O) groups is 1. The molecule has 0 aliphatic carbocycles. The van der Waals surface area contributed by atoms with Crippen LogP contribution in [0.15, 0.2) is 42.5 Å². The molecule has 0 saturated carbocycles. The van der Waals surface area contributed by atoms with Crippen molar-refractivity contribution < 1.29 is 9.53 Å². The lowest BCUT2D eigenvalue weighted by molar-refractivity contribution is -0.140. The zero-order valence-corrected chi connectivity index (χ0v) is 13.7. The van der Waals surface area contributed by atoms with Gasteiger partial charge in [0, 0.05) is 16.9 Å². The molecule has 1 aromatic carbocycles. The van der Waals surface area contributed by atoms with Crippen molar-refractivity contribution >= 4 is 23.6 Å². The number of esters is 1. The lowest BCUT2D eigenvalue weighted by Gasteiger charge is -2.14. The lowest BCUT2D eigenvalue weighted by Crippen LogP contribution is -2.02. The van der Waals surface area contributed by atoms with Gasteiger partial charge in [0.05, 0.1) is 7.11 Å². The first-order valence-electron chi connectivity index (χ1n) is 7.12. The van der Waals surface area contributed by atoms with Gasteiger partial charge in [-0.05, 0) is 30.5 Å². The number of halogens is 1. The fraction of sp³-hybridized carbons (Fsp3) is 0.389. The van der Waals surface area contributed by atoms with Gasteiger partial charge in [-0.3, -0.25) is 4.79 Å². The summed E-state index contributed by atoms with van der Waals surface area (Å²) >= 11 is 5.86. The number of unbranched alkanes of at least 4 members (excludes halogenated alkanes) is 1. The molecule has 3 heteroatoms. The maximum atomic E-state index is 11.0. The Morgan fingerprint density at radius 1 is 1.24 bits per heavy atom. The quantitative estimate of drug-likeness (QED) is 0.389. The van der Waals surface area contributed by atoms with Crippen LogP contribution in [-0.2, 0) is 9.53 Å². The number of allylic oxidation sites excluding steroid dienone is 3. The Hall–Kier alpha value is -1.54. The van der Waals surface area contributed by atoms with Crippen LogP contribution < -0.4 is 0 Å². The summed E-state index contributed by atoms with van der Waals surface area (Å²) in [7, 11) is 1.42. The SMILES string of the molecule is COC(=O)CCCC=CC(C)(C)C=Cc1ccc(Cl)cc1. The van der Waals surface area contributed by atoms with Crippen molar-refractivity contribution in [2.75, 3.05) is 7.11 Å². The van der Waals surface area contributed by atoms with Crippen LogP contribution in [0.3, 0.4) is 0 Å². The van der Waals surface area contributed by atoms with Gasteiger partial charge in [-0.15, -0.1) is 0 Å². The van der Waals surface area contributed by atoms with Crippen molar-refractivity contribution in [2.24, 2.45) is 5.41 Å². The van der Waals surface area contributed by atoms with Crippen LogP contribution in [0.4, 0.5) is 0 Å². The molecule has 2 nitrogen and oxygen atoms in total. The van der Waals surface area contributed by atoms with Crippen LogP contribution in [0.5, 0.6) is 0 Å². The summed E-state index contributed by atoms with van der Waals surface area (Å²) in [6.07, 6.45) is 10.7. The average Bonchev–Trinajstić information content (AvgIpc) is 2.46. The second-order valence-electron chi connectivity index (χ2n) is 5.58. The van der Waals surface area contributed by atoms with E-state index in [1.54, 1.807) is 0 Å². The second-order valence-corrected chi connectivity index (χ2v) is 6.01. The van der Waals surface area contributed by atoms with Crippen LogP contribution >= 0.6 is 11.6 Å². The van der Waals surface area contributed by atoms with Crippen molar-refractivity contribution in [3.8, 4) is 0 Å². The van der Waals surface area contributed by atoms with E-state index < -0.39 is 0 Å². The normalized spacial score (nSPS) is 12.2. The minimum Gasteiger partial charge on any atom is -0.469 e. The molecule has 0 unspecified atom stereocenters. The average molecular weight is 307 g/mol. The van der Waals surface area contributed by atoms with E-state index in [2.05, 4.69) is 42.9 Å². The predicted octanol–water partition coefficient (Wildman–Crippen LogP) is 5.28. The summed E-state index contributed by atoms with van der Waals surface area (Å²) in [5.41, 5.74) is 1.11. The molecule has 0 amide bonds. The molecule has 0 aliphatic rings. The maximum Gasteiger partial charge on any atom is 0.305 e. The number of benzene rings is 1. The molecule has 1 aromatic rings. The highest BCUT2D eigenvalue weighted by molar-refractivity contribution is 6.30. The Labute approximate surface area is 132 Å². The van der Waals surface area contributed by atoms with Gasteiger partial charge < -0.3 is 4.74 Å². The molecule has 0 N–H and O–H groups in total.